The van der Waals surface area contributed by atoms with Crippen LogP contribution in [0.15, 0.2) is 29.1 Å². The summed E-state index contributed by atoms with van der Waals surface area (Å²) in [6.07, 6.45) is 9.56. The first-order chi connectivity index (χ1) is 12.7. The molecule has 0 amide bonds. The second-order valence-corrected chi connectivity index (χ2v) is 7.95. The highest BCUT2D eigenvalue weighted by Gasteiger charge is 2.21. The lowest BCUT2D eigenvalue weighted by atomic mass is 9.97. The Morgan fingerprint density at radius 3 is 2.58 bits per heavy atom. The highest BCUT2D eigenvalue weighted by atomic mass is 79.9. The number of Topliss-reactive ketones (excluding diaryl/α,β-unsaturated/α-hetero) is 1. The molecule has 1 aliphatic heterocycles. The maximum absolute atomic E-state index is 11.9. The van der Waals surface area contributed by atoms with Crippen LogP contribution in [-0.4, -0.2) is 57.9 Å². The van der Waals surface area contributed by atoms with Gasteiger partial charge in [-0.2, -0.15) is 0 Å². The number of carbonyl (C=O) groups is 1. The number of hydrogen-bond acceptors (Lipinski definition) is 5. The summed E-state index contributed by atoms with van der Waals surface area (Å²) in [5, 5.41) is 0. The van der Waals surface area contributed by atoms with Gasteiger partial charge in [0.25, 0.3) is 0 Å². The van der Waals surface area contributed by atoms with Gasteiger partial charge in [-0.25, -0.2) is 9.97 Å². The first kappa shape index (κ1) is 17.7. The lowest BCUT2D eigenvalue weighted by Crippen LogP contribution is -2.47. The molecule has 138 valence electrons. The second-order valence-electron chi connectivity index (χ2n) is 7.03. The molecule has 0 radical (unpaired) electrons. The van der Waals surface area contributed by atoms with Crippen LogP contribution in [0.2, 0.25) is 0 Å². The van der Waals surface area contributed by atoms with E-state index in [-0.39, 0.29) is 0 Å². The van der Waals surface area contributed by atoms with E-state index >= 15 is 0 Å². The number of rotatable bonds is 5. The van der Waals surface area contributed by atoms with Gasteiger partial charge in [-0.05, 0) is 47.8 Å². The number of carbonyl (C=O) groups excluding carboxylic acids is 1. The third kappa shape index (κ3) is 3.83. The van der Waals surface area contributed by atoms with Crippen molar-refractivity contribution in [1.29, 1.82) is 0 Å². The molecule has 0 bridgehead atoms. The number of fused-ring (bicyclic) bond motifs is 1. The number of ketones is 1. The van der Waals surface area contributed by atoms with E-state index in [1.54, 1.807) is 12.4 Å². The predicted octanol–water partition coefficient (Wildman–Crippen LogP) is 2.77. The molecule has 0 spiro atoms. The van der Waals surface area contributed by atoms with Crippen molar-refractivity contribution in [3.63, 3.8) is 0 Å². The summed E-state index contributed by atoms with van der Waals surface area (Å²) in [5.74, 6) is 1.13. The second kappa shape index (κ2) is 7.88. The van der Waals surface area contributed by atoms with Gasteiger partial charge in [0.15, 0.2) is 5.78 Å². The highest BCUT2D eigenvalue weighted by Crippen LogP contribution is 2.22. The Morgan fingerprint density at radius 2 is 1.81 bits per heavy atom. The zero-order chi connectivity index (χ0) is 17.9. The van der Waals surface area contributed by atoms with Gasteiger partial charge in [0.2, 0.25) is 5.95 Å². The minimum atomic E-state index is 0.316. The van der Waals surface area contributed by atoms with Crippen LogP contribution >= 0.6 is 15.9 Å². The Kier molecular flexibility index (Phi) is 5.36. The zero-order valence-electron chi connectivity index (χ0n) is 14.9. The molecular formula is C19H24BrN5O. The van der Waals surface area contributed by atoms with Gasteiger partial charge in [0.1, 0.15) is 0 Å². The number of aromatic nitrogens is 3. The fourth-order valence-corrected chi connectivity index (χ4v) is 4.11. The molecule has 4 rings (SSSR count). The lowest BCUT2D eigenvalue weighted by molar-refractivity contribution is 0.0971. The number of aryl methyl sites for hydroxylation is 1. The molecule has 2 aliphatic rings. The molecule has 2 aromatic rings. The first-order valence-corrected chi connectivity index (χ1v) is 10.2. The molecule has 2 aromatic heterocycles. The van der Waals surface area contributed by atoms with E-state index in [2.05, 4.69) is 46.5 Å². The number of halogens is 1. The van der Waals surface area contributed by atoms with Crippen LogP contribution < -0.4 is 4.90 Å². The van der Waals surface area contributed by atoms with Crippen LogP contribution in [-0.2, 0) is 13.0 Å². The highest BCUT2D eigenvalue weighted by molar-refractivity contribution is 9.10. The van der Waals surface area contributed by atoms with Crippen LogP contribution in [0.25, 0.3) is 0 Å². The average Bonchev–Trinajstić information content (AvgIpc) is 3.08. The van der Waals surface area contributed by atoms with E-state index < -0.39 is 0 Å². The largest absolute Gasteiger partial charge is 0.351 e. The molecular weight excluding hydrogens is 394 g/mol. The average molecular weight is 418 g/mol. The Balaban J connectivity index is 1.24. The van der Waals surface area contributed by atoms with Crippen molar-refractivity contribution in [1.82, 2.24) is 19.4 Å². The molecule has 3 heterocycles. The smallest absolute Gasteiger partial charge is 0.225 e. The van der Waals surface area contributed by atoms with Crippen molar-refractivity contribution in [3.8, 4) is 0 Å². The lowest BCUT2D eigenvalue weighted by Gasteiger charge is -2.34. The molecule has 0 saturated carbocycles. The van der Waals surface area contributed by atoms with E-state index in [0.29, 0.717) is 12.2 Å². The Hall–Kier alpha value is -1.73. The molecule has 0 unspecified atom stereocenters. The van der Waals surface area contributed by atoms with Gasteiger partial charge in [-0.1, -0.05) is 0 Å². The Morgan fingerprint density at radius 1 is 1.04 bits per heavy atom. The van der Waals surface area contributed by atoms with Gasteiger partial charge in [0, 0.05) is 69.0 Å². The van der Waals surface area contributed by atoms with Crippen molar-refractivity contribution in [2.45, 2.75) is 32.2 Å². The van der Waals surface area contributed by atoms with Gasteiger partial charge >= 0.3 is 0 Å². The van der Waals surface area contributed by atoms with Crippen LogP contribution in [0, 0.1) is 0 Å². The van der Waals surface area contributed by atoms with E-state index in [9.17, 15) is 4.79 Å². The molecule has 1 saturated heterocycles. The van der Waals surface area contributed by atoms with E-state index in [4.69, 9.17) is 0 Å². The third-order valence-electron chi connectivity index (χ3n) is 5.33. The molecule has 1 aliphatic carbocycles. The number of anilines is 1. The molecule has 6 nitrogen and oxygen atoms in total. The summed E-state index contributed by atoms with van der Waals surface area (Å²) in [6, 6.07) is 2.01. The molecule has 0 atom stereocenters. The summed E-state index contributed by atoms with van der Waals surface area (Å²) in [7, 11) is 0. The number of hydrogen-bond donors (Lipinski definition) is 0. The quantitative estimate of drug-likeness (QED) is 0.748. The third-order valence-corrected chi connectivity index (χ3v) is 5.74. The van der Waals surface area contributed by atoms with E-state index in [1.807, 2.05) is 6.07 Å². The fraction of sp³-hybridized carbons (Fsp3) is 0.526. The fourth-order valence-electron chi connectivity index (χ4n) is 3.90. The maximum atomic E-state index is 11.9. The van der Waals surface area contributed by atoms with Crippen molar-refractivity contribution < 1.29 is 4.79 Å². The predicted molar refractivity (Wildman–Crippen MR) is 105 cm³/mol. The zero-order valence-corrected chi connectivity index (χ0v) is 16.5. The number of piperazine rings is 1. The van der Waals surface area contributed by atoms with Crippen molar-refractivity contribution in [2.75, 3.05) is 37.6 Å². The summed E-state index contributed by atoms with van der Waals surface area (Å²) >= 11 is 3.38. The summed E-state index contributed by atoms with van der Waals surface area (Å²) in [5.41, 5.74) is 2.21. The minimum Gasteiger partial charge on any atom is -0.351 e. The summed E-state index contributed by atoms with van der Waals surface area (Å²) < 4.78 is 3.20. The topological polar surface area (TPSA) is 54.3 Å². The minimum absolute atomic E-state index is 0.316. The molecule has 26 heavy (non-hydrogen) atoms. The summed E-state index contributed by atoms with van der Waals surface area (Å²) in [4.78, 5) is 25.5. The molecule has 0 N–H and O–H groups in total. The SMILES string of the molecule is O=C1CCCc2c1ccn2CCCN1CCN(c2ncc(Br)cn2)CC1. The van der Waals surface area contributed by atoms with Crippen LogP contribution in [0.5, 0.6) is 0 Å². The Labute approximate surface area is 162 Å². The van der Waals surface area contributed by atoms with Gasteiger partial charge in [-0.15, -0.1) is 0 Å². The van der Waals surface area contributed by atoms with Gasteiger partial charge in [0.05, 0.1) is 4.47 Å². The first-order valence-electron chi connectivity index (χ1n) is 9.37. The maximum Gasteiger partial charge on any atom is 0.225 e. The van der Waals surface area contributed by atoms with E-state index in [0.717, 1.165) is 74.5 Å². The monoisotopic (exact) mass is 417 g/mol. The van der Waals surface area contributed by atoms with Crippen LogP contribution in [0.3, 0.4) is 0 Å². The van der Waals surface area contributed by atoms with Crippen molar-refractivity contribution in [3.05, 3.63) is 40.4 Å². The van der Waals surface area contributed by atoms with Crippen LogP contribution in [0.4, 0.5) is 5.95 Å². The van der Waals surface area contributed by atoms with Gasteiger partial charge < -0.3 is 9.47 Å². The molecule has 0 aromatic carbocycles. The molecule has 7 heteroatoms. The van der Waals surface area contributed by atoms with Crippen molar-refractivity contribution >= 4 is 27.7 Å². The number of nitrogens with zero attached hydrogens (tertiary/aromatic N) is 5. The standard InChI is InChI=1S/C19H24BrN5O/c20-15-13-21-19(22-14-15)25-11-9-23(10-12-25)6-2-7-24-8-5-16-17(24)3-1-4-18(16)26/h5,8,13-14H,1-4,6-7,9-12H2. The molecule has 1 fully saturated rings. The van der Waals surface area contributed by atoms with Crippen molar-refractivity contribution in [2.24, 2.45) is 0 Å². The summed E-state index contributed by atoms with van der Waals surface area (Å²) in [6.45, 7) is 6.11. The Bertz CT molecular complexity index is 765. The normalized spacial score (nSPS) is 18.2. The van der Waals surface area contributed by atoms with E-state index in [1.165, 1.54) is 5.69 Å². The van der Waals surface area contributed by atoms with Crippen LogP contribution in [0.1, 0.15) is 35.3 Å². The van der Waals surface area contributed by atoms with Gasteiger partial charge in [-0.3, -0.25) is 9.69 Å².